The van der Waals surface area contributed by atoms with Gasteiger partial charge in [-0.2, -0.15) is 0 Å². The number of rotatable bonds is 5. The fourth-order valence-corrected chi connectivity index (χ4v) is 4.71. The van der Waals surface area contributed by atoms with Crippen molar-refractivity contribution in [2.75, 3.05) is 27.3 Å². The molecule has 3 atom stereocenters. The SMILES string of the molecule is COc1ccc(C(C)NC(=O)N2C[C@@H]3CCC[C@@]3(C(=O)O)C2)c(C)c1OC. The van der Waals surface area contributed by atoms with Crippen molar-refractivity contribution in [2.45, 2.75) is 39.2 Å². The number of nitrogens with one attached hydrogen (secondary N) is 1. The Kier molecular flexibility index (Phi) is 5.22. The fourth-order valence-electron chi connectivity index (χ4n) is 4.71. The molecule has 1 heterocycles. The van der Waals surface area contributed by atoms with Crippen LogP contribution in [-0.4, -0.2) is 49.3 Å². The molecule has 2 amide bonds. The van der Waals surface area contributed by atoms with E-state index >= 15 is 0 Å². The zero-order valence-corrected chi connectivity index (χ0v) is 16.4. The number of ether oxygens (including phenoxy) is 2. The Morgan fingerprint density at radius 3 is 2.67 bits per heavy atom. The number of fused-ring (bicyclic) bond motifs is 1. The maximum atomic E-state index is 12.8. The predicted molar refractivity (Wildman–Crippen MR) is 100 cm³/mol. The van der Waals surface area contributed by atoms with Gasteiger partial charge in [0, 0.05) is 18.7 Å². The monoisotopic (exact) mass is 376 g/mol. The minimum Gasteiger partial charge on any atom is -0.493 e. The number of carboxylic acids is 1. The van der Waals surface area contributed by atoms with Gasteiger partial charge in [-0.1, -0.05) is 12.5 Å². The second kappa shape index (κ2) is 7.29. The number of hydrogen-bond donors (Lipinski definition) is 2. The van der Waals surface area contributed by atoms with Gasteiger partial charge in [0.2, 0.25) is 0 Å². The van der Waals surface area contributed by atoms with E-state index in [-0.39, 0.29) is 24.5 Å². The fraction of sp³-hybridized carbons (Fsp3) is 0.600. The zero-order valence-electron chi connectivity index (χ0n) is 16.4. The highest BCUT2D eigenvalue weighted by Gasteiger charge is 2.55. The number of hydrogen-bond acceptors (Lipinski definition) is 4. The average Bonchev–Trinajstić information content (AvgIpc) is 3.19. The summed E-state index contributed by atoms with van der Waals surface area (Å²) in [6.07, 6.45) is 2.45. The normalized spacial score (nSPS) is 25.0. The Hall–Kier alpha value is -2.44. The van der Waals surface area contributed by atoms with Crippen LogP contribution in [0.25, 0.3) is 0 Å². The van der Waals surface area contributed by atoms with Crippen molar-refractivity contribution in [3.63, 3.8) is 0 Å². The van der Waals surface area contributed by atoms with Crippen molar-refractivity contribution in [1.82, 2.24) is 10.2 Å². The number of aliphatic carboxylic acids is 1. The molecule has 1 aliphatic heterocycles. The van der Waals surface area contributed by atoms with E-state index in [9.17, 15) is 14.7 Å². The predicted octanol–water partition coefficient (Wildman–Crippen LogP) is 2.97. The lowest BCUT2D eigenvalue weighted by molar-refractivity contribution is -0.149. The van der Waals surface area contributed by atoms with E-state index in [1.807, 2.05) is 26.0 Å². The molecule has 1 aliphatic carbocycles. The smallest absolute Gasteiger partial charge is 0.317 e. The standard InChI is InChI=1S/C20H28N2O5/c1-12-15(7-8-16(26-3)17(12)27-4)13(2)21-19(25)22-10-14-6-5-9-20(14,11-22)18(23)24/h7-8,13-14H,5-6,9-11H2,1-4H3,(H,21,25)(H,23,24)/t13?,14-,20+/m0/s1. The number of carbonyl (C=O) groups excluding carboxylic acids is 1. The van der Waals surface area contributed by atoms with Gasteiger partial charge in [0.25, 0.3) is 0 Å². The molecular formula is C20H28N2O5. The molecule has 3 rings (SSSR count). The largest absolute Gasteiger partial charge is 0.493 e. The summed E-state index contributed by atoms with van der Waals surface area (Å²) in [5.41, 5.74) is 1.08. The third-order valence-corrected chi connectivity index (χ3v) is 6.23. The number of benzene rings is 1. The van der Waals surface area contributed by atoms with Gasteiger partial charge in [-0.05, 0) is 44.2 Å². The summed E-state index contributed by atoms with van der Waals surface area (Å²) in [6, 6.07) is 3.29. The first-order chi connectivity index (χ1) is 12.8. The summed E-state index contributed by atoms with van der Waals surface area (Å²) in [7, 11) is 3.18. The van der Waals surface area contributed by atoms with Crippen molar-refractivity contribution in [2.24, 2.45) is 11.3 Å². The topological polar surface area (TPSA) is 88.1 Å². The lowest BCUT2D eigenvalue weighted by Gasteiger charge is -2.25. The highest BCUT2D eigenvalue weighted by atomic mass is 16.5. The Morgan fingerprint density at radius 2 is 2.07 bits per heavy atom. The summed E-state index contributed by atoms with van der Waals surface area (Å²) in [5, 5.41) is 12.7. The number of carbonyl (C=O) groups is 2. The Morgan fingerprint density at radius 1 is 1.33 bits per heavy atom. The third-order valence-electron chi connectivity index (χ3n) is 6.23. The van der Waals surface area contributed by atoms with Crippen LogP contribution in [0.2, 0.25) is 0 Å². The summed E-state index contributed by atoms with van der Waals surface area (Å²) in [4.78, 5) is 26.2. The number of likely N-dealkylation sites (tertiary alicyclic amines) is 1. The maximum absolute atomic E-state index is 12.8. The van der Waals surface area contributed by atoms with Crippen LogP contribution in [0.5, 0.6) is 11.5 Å². The highest BCUT2D eigenvalue weighted by molar-refractivity contribution is 5.80. The molecule has 2 fully saturated rings. The van der Waals surface area contributed by atoms with Crippen molar-refractivity contribution < 1.29 is 24.2 Å². The molecular weight excluding hydrogens is 348 g/mol. The zero-order chi connectivity index (χ0) is 19.8. The maximum Gasteiger partial charge on any atom is 0.317 e. The van der Waals surface area contributed by atoms with E-state index in [1.54, 1.807) is 19.1 Å². The van der Waals surface area contributed by atoms with Crippen LogP contribution < -0.4 is 14.8 Å². The second-order valence-corrected chi connectivity index (χ2v) is 7.62. The third kappa shape index (κ3) is 3.19. The molecule has 0 aromatic heterocycles. The summed E-state index contributed by atoms with van der Waals surface area (Å²) in [6.45, 7) is 4.64. The molecule has 1 saturated carbocycles. The van der Waals surface area contributed by atoms with Crippen LogP contribution in [0, 0.1) is 18.3 Å². The van der Waals surface area contributed by atoms with E-state index in [4.69, 9.17) is 9.47 Å². The van der Waals surface area contributed by atoms with Crippen molar-refractivity contribution in [3.05, 3.63) is 23.3 Å². The first-order valence-corrected chi connectivity index (χ1v) is 9.34. The molecule has 1 aromatic carbocycles. The molecule has 148 valence electrons. The van der Waals surface area contributed by atoms with Crippen LogP contribution in [0.1, 0.15) is 43.4 Å². The number of methoxy groups -OCH3 is 2. The lowest BCUT2D eigenvalue weighted by atomic mass is 9.81. The molecule has 1 aromatic rings. The summed E-state index contributed by atoms with van der Waals surface area (Å²) < 4.78 is 10.8. The van der Waals surface area contributed by atoms with Crippen molar-refractivity contribution >= 4 is 12.0 Å². The van der Waals surface area contributed by atoms with E-state index in [0.29, 0.717) is 24.5 Å². The molecule has 2 N–H and O–H groups in total. The van der Waals surface area contributed by atoms with Crippen LogP contribution in [0.15, 0.2) is 12.1 Å². The molecule has 1 saturated heterocycles. The molecule has 2 aliphatic rings. The van der Waals surface area contributed by atoms with Gasteiger partial charge in [-0.25, -0.2) is 4.79 Å². The van der Waals surface area contributed by atoms with Gasteiger partial charge < -0.3 is 24.8 Å². The van der Waals surface area contributed by atoms with Crippen molar-refractivity contribution in [3.8, 4) is 11.5 Å². The van der Waals surface area contributed by atoms with Crippen LogP contribution >= 0.6 is 0 Å². The van der Waals surface area contributed by atoms with E-state index in [2.05, 4.69) is 5.32 Å². The Balaban J connectivity index is 1.73. The quantitative estimate of drug-likeness (QED) is 0.825. The van der Waals surface area contributed by atoms with Gasteiger partial charge in [-0.3, -0.25) is 4.79 Å². The molecule has 7 nitrogen and oxygen atoms in total. The highest BCUT2D eigenvalue weighted by Crippen LogP contribution is 2.49. The minimum absolute atomic E-state index is 0.0545. The van der Waals surface area contributed by atoms with E-state index < -0.39 is 11.4 Å². The van der Waals surface area contributed by atoms with Crippen molar-refractivity contribution in [1.29, 1.82) is 0 Å². The Labute approximate surface area is 159 Å². The first kappa shape index (κ1) is 19.3. The summed E-state index contributed by atoms with van der Waals surface area (Å²) >= 11 is 0. The molecule has 0 spiro atoms. The van der Waals surface area contributed by atoms with E-state index in [0.717, 1.165) is 24.0 Å². The van der Waals surface area contributed by atoms with Gasteiger partial charge in [0.1, 0.15) is 0 Å². The molecule has 0 radical (unpaired) electrons. The Bertz CT molecular complexity index is 750. The molecule has 7 heteroatoms. The minimum atomic E-state index is -0.774. The lowest BCUT2D eigenvalue weighted by Crippen LogP contribution is -2.42. The first-order valence-electron chi connectivity index (χ1n) is 9.34. The molecule has 0 bridgehead atoms. The van der Waals surface area contributed by atoms with Gasteiger partial charge in [0.05, 0.1) is 25.7 Å². The van der Waals surface area contributed by atoms with Crippen LogP contribution in [0.3, 0.4) is 0 Å². The molecule has 27 heavy (non-hydrogen) atoms. The number of amides is 2. The van der Waals surface area contributed by atoms with Gasteiger partial charge in [-0.15, -0.1) is 0 Å². The second-order valence-electron chi connectivity index (χ2n) is 7.62. The number of nitrogens with zero attached hydrogens (tertiary/aromatic N) is 1. The van der Waals surface area contributed by atoms with E-state index in [1.165, 1.54) is 0 Å². The van der Waals surface area contributed by atoms with Crippen LogP contribution in [0.4, 0.5) is 4.79 Å². The number of carboxylic acid groups (broad SMARTS) is 1. The van der Waals surface area contributed by atoms with Crippen LogP contribution in [-0.2, 0) is 4.79 Å². The summed E-state index contributed by atoms with van der Waals surface area (Å²) in [5.74, 6) is 0.577. The van der Waals surface area contributed by atoms with Gasteiger partial charge >= 0.3 is 12.0 Å². The average molecular weight is 376 g/mol. The number of urea groups is 1. The molecule has 1 unspecified atom stereocenters. The van der Waals surface area contributed by atoms with Gasteiger partial charge in [0.15, 0.2) is 11.5 Å².